The molecule has 1 atom stereocenters. The summed E-state index contributed by atoms with van der Waals surface area (Å²) in [4.78, 5) is 13.9. The van der Waals surface area contributed by atoms with Gasteiger partial charge in [-0.3, -0.25) is 4.79 Å². The molecule has 0 radical (unpaired) electrons. The van der Waals surface area contributed by atoms with Crippen LogP contribution in [-0.2, 0) is 14.5 Å². The maximum atomic E-state index is 12.5. The molecule has 116 valence electrons. The number of hydrogen-bond acceptors (Lipinski definition) is 4. The van der Waals surface area contributed by atoms with Gasteiger partial charge in [0.05, 0.1) is 9.73 Å². The molecule has 0 bridgehead atoms. The molecule has 0 aliphatic carbocycles. The van der Waals surface area contributed by atoms with E-state index in [0.29, 0.717) is 16.3 Å². The molecule has 5 nitrogen and oxygen atoms in total. The molecule has 6 heteroatoms. The fourth-order valence-electron chi connectivity index (χ4n) is 2.58. The van der Waals surface area contributed by atoms with E-state index in [1.165, 1.54) is 19.8 Å². The predicted octanol–water partition coefficient (Wildman–Crippen LogP) is 2.54. The summed E-state index contributed by atoms with van der Waals surface area (Å²) in [5.74, 6) is 0.253. The average Bonchev–Trinajstić information content (AvgIpc) is 2.91. The fraction of sp³-hybridized carbons (Fsp3) is 0.533. The van der Waals surface area contributed by atoms with Gasteiger partial charge in [0.2, 0.25) is 5.91 Å². The van der Waals surface area contributed by atoms with Gasteiger partial charge in [-0.1, -0.05) is 0 Å². The van der Waals surface area contributed by atoms with Crippen LogP contribution in [0.25, 0.3) is 0 Å². The van der Waals surface area contributed by atoms with Crippen LogP contribution >= 0.6 is 0 Å². The summed E-state index contributed by atoms with van der Waals surface area (Å²) >= 11 is 0. The van der Waals surface area contributed by atoms with E-state index in [0.717, 1.165) is 26.1 Å². The van der Waals surface area contributed by atoms with E-state index < -0.39 is 9.73 Å². The first kappa shape index (κ1) is 16.0. The molecule has 1 fully saturated rings. The summed E-state index contributed by atoms with van der Waals surface area (Å²) in [6, 6.07) is 6.75. The normalized spacial score (nSPS) is 18.3. The summed E-state index contributed by atoms with van der Waals surface area (Å²) in [5.41, 5.74) is 0.665. The molecule has 1 unspecified atom stereocenters. The van der Waals surface area contributed by atoms with Crippen LogP contribution in [-0.4, -0.2) is 40.4 Å². The number of amides is 1. The van der Waals surface area contributed by atoms with Crippen LogP contribution in [0.1, 0.15) is 26.2 Å². The lowest BCUT2D eigenvalue weighted by molar-refractivity contribution is -0.114. The van der Waals surface area contributed by atoms with Crippen molar-refractivity contribution in [3.8, 4) is 0 Å². The third kappa shape index (κ3) is 4.82. The Labute approximate surface area is 126 Å². The molecular weight excluding hydrogens is 286 g/mol. The van der Waals surface area contributed by atoms with Crippen molar-refractivity contribution in [2.45, 2.75) is 31.1 Å². The van der Waals surface area contributed by atoms with Crippen LogP contribution in [0.5, 0.6) is 0 Å². The number of anilines is 1. The SMILES string of the molecule is CC(=O)Nc1ccc(S(=N)(=O)CCCN2CCCC2)cc1. The molecule has 21 heavy (non-hydrogen) atoms. The summed E-state index contributed by atoms with van der Waals surface area (Å²) < 4.78 is 20.5. The van der Waals surface area contributed by atoms with Crippen molar-refractivity contribution in [1.82, 2.24) is 4.90 Å². The Morgan fingerprint density at radius 1 is 1.29 bits per heavy atom. The third-order valence-electron chi connectivity index (χ3n) is 3.66. The fourth-order valence-corrected chi connectivity index (χ4v) is 3.92. The van der Waals surface area contributed by atoms with E-state index in [-0.39, 0.29) is 5.91 Å². The Hall–Kier alpha value is -1.40. The molecular formula is C15H23N3O2S. The van der Waals surface area contributed by atoms with Crippen molar-refractivity contribution in [3.05, 3.63) is 24.3 Å². The van der Waals surface area contributed by atoms with Gasteiger partial charge in [-0.25, -0.2) is 8.99 Å². The minimum Gasteiger partial charge on any atom is -0.326 e. The zero-order valence-electron chi connectivity index (χ0n) is 12.4. The zero-order valence-corrected chi connectivity index (χ0v) is 13.2. The molecule has 1 aromatic rings. The number of benzene rings is 1. The first-order chi connectivity index (χ1) is 9.97. The maximum absolute atomic E-state index is 12.5. The Morgan fingerprint density at radius 3 is 2.48 bits per heavy atom. The number of carbonyl (C=O) groups excluding carboxylic acids is 1. The number of likely N-dealkylation sites (tertiary alicyclic amines) is 1. The maximum Gasteiger partial charge on any atom is 0.221 e. The van der Waals surface area contributed by atoms with Crippen molar-refractivity contribution in [1.29, 1.82) is 4.78 Å². The van der Waals surface area contributed by atoms with E-state index in [2.05, 4.69) is 10.2 Å². The van der Waals surface area contributed by atoms with E-state index >= 15 is 0 Å². The molecule has 2 rings (SSSR count). The molecule has 0 aromatic heterocycles. The molecule has 1 heterocycles. The van der Waals surface area contributed by atoms with Gasteiger partial charge in [0.1, 0.15) is 0 Å². The highest BCUT2D eigenvalue weighted by Gasteiger charge is 2.14. The highest BCUT2D eigenvalue weighted by Crippen LogP contribution is 2.17. The van der Waals surface area contributed by atoms with Crippen LogP contribution in [0.4, 0.5) is 5.69 Å². The van der Waals surface area contributed by atoms with Crippen LogP contribution in [0.2, 0.25) is 0 Å². The lowest BCUT2D eigenvalue weighted by atomic mass is 10.3. The molecule has 1 aromatic carbocycles. The van der Waals surface area contributed by atoms with Crippen LogP contribution in [0.3, 0.4) is 0 Å². The number of nitrogens with zero attached hydrogens (tertiary/aromatic N) is 1. The van der Waals surface area contributed by atoms with E-state index in [4.69, 9.17) is 4.78 Å². The van der Waals surface area contributed by atoms with Crippen molar-refractivity contribution in [2.75, 3.05) is 30.7 Å². The predicted molar refractivity (Wildman–Crippen MR) is 85.0 cm³/mol. The summed E-state index contributed by atoms with van der Waals surface area (Å²) in [7, 11) is -2.74. The molecule has 1 saturated heterocycles. The zero-order chi connectivity index (χ0) is 15.3. The number of carbonyl (C=O) groups is 1. The molecule has 0 saturated carbocycles. The van der Waals surface area contributed by atoms with Crippen molar-refractivity contribution in [2.24, 2.45) is 0 Å². The Kier molecular flexibility index (Phi) is 5.36. The van der Waals surface area contributed by atoms with Crippen molar-refractivity contribution in [3.63, 3.8) is 0 Å². The minimum absolute atomic E-state index is 0.139. The first-order valence-electron chi connectivity index (χ1n) is 7.34. The number of nitrogens with one attached hydrogen (secondary N) is 2. The lowest BCUT2D eigenvalue weighted by Crippen LogP contribution is -2.22. The number of rotatable bonds is 6. The highest BCUT2D eigenvalue weighted by molar-refractivity contribution is 7.92. The topological polar surface area (TPSA) is 73.3 Å². The van der Waals surface area contributed by atoms with Gasteiger partial charge < -0.3 is 10.2 Å². The van der Waals surface area contributed by atoms with E-state index in [1.54, 1.807) is 24.3 Å². The first-order valence-corrected chi connectivity index (χ1v) is 9.06. The van der Waals surface area contributed by atoms with Crippen LogP contribution in [0.15, 0.2) is 29.2 Å². The Bertz CT molecular complexity index is 575. The smallest absolute Gasteiger partial charge is 0.221 e. The quantitative estimate of drug-likeness (QED) is 0.848. The molecule has 1 aliphatic rings. The monoisotopic (exact) mass is 309 g/mol. The Morgan fingerprint density at radius 2 is 1.90 bits per heavy atom. The van der Waals surface area contributed by atoms with Crippen molar-refractivity contribution >= 4 is 21.3 Å². The van der Waals surface area contributed by atoms with Crippen LogP contribution in [0, 0.1) is 4.78 Å². The third-order valence-corrected chi connectivity index (χ3v) is 5.56. The van der Waals surface area contributed by atoms with E-state index in [9.17, 15) is 9.00 Å². The molecule has 2 N–H and O–H groups in total. The second-order valence-electron chi connectivity index (χ2n) is 5.49. The van der Waals surface area contributed by atoms with Gasteiger partial charge in [-0.15, -0.1) is 0 Å². The summed E-state index contributed by atoms with van der Waals surface area (Å²) in [5, 5.41) is 2.66. The summed E-state index contributed by atoms with van der Waals surface area (Å²) in [6.45, 7) is 4.63. The van der Waals surface area contributed by atoms with Gasteiger partial charge in [-0.05, 0) is 63.2 Å². The van der Waals surface area contributed by atoms with Gasteiger partial charge in [0.15, 0.2) is 0 Å². The molecule has 1 aliphatic heterocycles. The largest absolute Gasteiger partial charge is 0.326 e. The average molecular weight is 309 g/mol. The second-order valence-corrected chi connectivity index (χ2v) is 7.72. The van der Waals surface area contributed by atoms with Gasteiger partial charge in [0.25, 0.3) is 0 Å². The van der Waals surface area contributed by atoms with Crippen LogP contribution < -0.4 is 5.32 Å². The highest BCUT2D eigenvalue weighted by atomic mass is 32.2. The lowest BCUT2D eigenvalue weighted by Gasteiger charge is -2.15. The van der Waals surface area contributed by atoms with Gasteiger partial charge in [0, 0.05) is 23.3 Å². The van der Waals surface area contributed by atoms with Gasteiger partial charge in [-0.2, -0.15) is 0 Å². The second kappa shape index (κ2) is 7.04. The molecule has 0 spiro atoms. The Balaban J connectivity index is 1.90. The molecule has 1 amide bonds. The standard InChI is InChI=1S/C15H23N3O2S/c1-13(19)17-14-5-7-15(8-6-14)21(16,20)12-4-11-18-9-2-3-10-18/h5-8,16H,2-4,9-12H2,1H3,(H,17,19). The minimum atomic E-state index is -2.74. The van der Waals surface area contributed by atoms with Gasteiger partial charge >= 0.3 is 0 Å². The summed E-state index contributed by atoms with van der Waals surface area (Å²) in [6.07, 6.45) is 3.29. The van der Waals surface area contributed by atoms with Crippen molar-refractivity contribution < 1.29 is 9.00 Å². The number of hydrogen-bond donors (Lipinski definition) is 2. The van der Waals surface area contributed by atoms with E-state index in [1.807, 2.05) is 0 Å².